The van der Waals surface area contributed by atoms with Crippen LogP contribution in [-0.2, 0) is 30.6 Å². The second kappa shape index (κ2) is 6.59. The average molecular weight is 363 g/mol. The lowest BCUT2D eigenvalue weighted by Crippen LogP contribution is -2.34. The van der Waals surface area contributed by atoms with E-state index in [9.17, 15) is 4.79 Å². The number of hydrogen-bond donors (Lipinski definition) is 0. The maximum atomic E-state index is 13.2. The minimum absolute atomic E-state index is 0.218. The molecule has 4 nitrogen and oxygen atoms in total. The lowest BCUT2D eigenvalue weighted by molar-refractivity contribution is -0.131. The molecule has 0 radical (unpaired) electrons. The van der Waals surface area contributed by atoms with Crippen molar-refractivity contribution in [2.45, 2.75) is 51.6 Å². The van der Waals surface area contributed by atoms with Gasteiger partial charge in [-0.3, -0.25) is 4.79 Å². The van der Waals surface area contributed by atoms with Gasteiger partial charge < -0.3 is 14.4 Å². The van der Waals surface area contributed by atoms with Crippen LogP contribution in [0.4, 0.5) is 0 Å². The molecule has 2 aromatic carbocycles. The predicted octanol–water partition coefficient (Wildman–Crippen LogP) is 3.60. The molecule has 4 heteroatoms. The Kier molecular flexibility index (Phi) is 4.07. The Hall–Kier alpha value is -2.49. The van der Waals surface area contributed by atoms with Crippen molar-refractivity contribution in [3.8, 4) is 11.5 Å². The molecule has 1 aliphatic carbocycles. The molecular weight excluding hydrogens is 338 g/mol. The summed E-state index contributed by atoms with van der Waals surface area (Å²) >= 11 is 0. The molecule has 0 atom stereocenters. The Morgan fingerprint density at radius 3 is 2.78 bits per heavy atom. The monoisotopic (exact) mass is 363 g/mol. The standard InChI is InChI=1S/C23H25NO3/c1-15-4-2-3-5-16(15)13-22(25)24(18-6-7-18)14-20-19-9-11-26-21(19)12-17-8-10-27-23(17)20/h2-5,12,18H,6-11,13-14H2,1H3. The van der Waals surface area contributed by atoms with Crippen LogP contribution in [0.2, 0.25) is 0 Å². The van der Waals surface area contributed by atoms with Gasteiger partial charge in [0.25, 0.3) is 0 Å². The first-order valence-corrected chi connectivity index (χ1v) is 9.98. The smallest absolute Gasteiger partial charge is 0.227 e. The molecule has 1 saturated carbocycles. The summed E-state index contributed by atoms with van der Waals surface area (Å²) in [6.45, 7) is 4.17. The summed E-state index contributed by atoms with van der Waals surface area (Å²) in [4.78, 5) is 15.3. The van der Waals surface area contributed by atoms with E-state index < -0.39 is 0 Å². The fourth-order valence-corrected chi connectivity index (χ4v) is 4.30. The van der Waals surface area contributed by atoms with Gasteiger partial charge in [-0.2, -0.15) is 0 Å². The second-order valence-corrected chi connectivity index (χ2v) is 7.87. The van der Waals surface area contributed by atoms with Crippen molar-refractivity contribution in [3.05, 3.63) is 58.1 Å². The Balaban J connectivity index is 1.45. The summed E-state index contributed by atoms with van der Waals surface area (Å²) in [5.41, 5.74) is 5.95. The molecule has 2 heterocycles. The zero-order chi connectivity index (χ0) is 18.4. The van der Waals surface area contributed by atoms with E-state index in [2.05, 4.69) is 30.0 Å². The number of aryl methyl sites for hydroxylation is 1. The van der Waals surface area contributed by atoms with Crippen molar-refractivity contribution >= 4 is 5.91 Å². The Bertz CT molecular complexity index is 868. The van der Waals surface area contributed by atoms with Crippen molar-refractivity contribution < 1.29 is 14.3 Å². The fraction of sp³-hybridized carbons (Fsp3) is 0.435. The number of carbonyl (C=O) groups excluding carboxylic acids is 1. The van der Waals surface area contributed by atoms with Crippen LogP contribution in [0, 0.1) is 6.92 Å². The van der Waals surface area contributed by atoms with E-state index in [1.54, 1.807) is 0 Å². The van der Waals surface area contributed by atoms with Crippen molar-refractivity contribution in [1.29, 1.82) is 0 Å². The number of amides is 1. The lowest BCUT2D eigenvalue weighted by Gasteiger charge is -2.25. The van der Waals surface area contributed by atoms with Crippen LogP contribution in [0.5, 0.6) is 11.5 Å². The van der Waals surface area contributed by atoms with Gasteiger partial charge in [0.05, 0.1) is 26.2 Å². The van der Waals surface area contributed by atoms with Gasteiger partial charge in [0.15, 0.2) is 0 Å². The van der Waals surface area contributed by atoms with Crippen LogP contribution in [0.1, 0.15) is 40.7 Å². The summed E-state index contributed by atoms with van der Waals surface area (Å²) < 4.78 is 11.8. The SMILES string of the molecule is Cc1ccccc1CC(=O)N(Cc1c2c(cc3c1OCC3)OCC2)C1CC1. The zero-order valence-corrected chi connectivity index (χ0v) is 15.8. The second-order valence-electron chi connectivity index (χ2n) is 7.87. The fourth-order valence-electron chi connectivity index (χ4n) is 4.30. The Morgan fingerprint density at radius 2 is 1.96 bits per heavy atom. The third kappa shape index (κ3) is 3.07. The highest BCUT2D eigenvalue weighted by atomic mass is 16.5. The molecule has 0 N–H and O–H groups in total. The molecule has 140 valence electrons. The molecule has 0 spiro atoms. The minimum atomic E-state index is 0.218. The molecule has 0 bridgehead atoms. The Labute approximate surface area is 160 Å². The number of benzene rings is 2. The number of fused-ring (bicyclic) bond motifs is 2. The van der Waals surface area contributed by atoms with Crippen LogP contribution < -0.4 is 9.47 Å². The van der Waals surface area contributed by atoms with Gasteiger partial charge in [-0.15, -0.1) is 0 Å². The van der Waals surface area contributed by atoms with E-state index in [0.29, 0.717) is 19.0 Å². The number of ether oxygens (including phenoxy) is 2. The molecule has 0 aromatic heterocycles. The van der Waals surface area contributed by atoms with Gasteiger partial charge in [-0.05, 0) is 37.0 Å². The number of rotatable bonds is 5. The largest absolute Gasteiger partial charge is 0.493 e. The summed E-state index contributed by atoms with van der Waals surface area (Å²) in [6, 6.07) is 10.7. The van der Waals surface area contributed by atoms with Crippen molar-refractivity contribution in [3.63, 3.8) is 0 Å². The predicted molar refractivity (Wildman–Crippen MR) is 103 cm³/mol. The van der Waals surface area contributed by atoms with E-state index in [1.165, 1.54) is 22.3 Å². The van der Waals surface area contributed by atoms with Crippen molar-refractivity contribution in [2.24, 2.45) is 0 Å². The Morgan fingerprint density at radius 1 is 1.15 bits per heavy atom. The van der Waals surface area contributed by atoms with Crippen molar-refractivity contribution in [1.82, 2.24) is 4.90 Å². The molecule has 2 aromatic rings. The minimum Gasteiger partial charge on any atom is -0.493 e. The molecule has 1 fully saturated rings. The van der Waals surface area contributed by atoms with Gasteiger partial charge in [-0.25, -0.2) is 0 Å². The van der Waals surface area contributed by atoms with Crippen LogP contribution in [-0.4, -0.2) is 30.1 Å². The number of carbonyl (C=O) groups is 1. The number of nitrogens with zero attached hydrogens (tertiary/aromatic N) is 1. The van der Waals surface area contributed by atoms with Gasteiger partial charge in [-0.1, -0.05) is 24.3 Å². The molecule has 5 rings (SSSR count). The van der Waals surface area contributed by atoms with E-state index >= 15 is 0 Å². The maximum absolute atomic E-state index is 13.2. The summed E-state index contributed by atoms with van der Waals surface area (Å²) in [6.07, 6.45) is 4.52. The van der Waals surface area contributed by atoms with Crippen LogP contribution in [0.25, 0.3) is 0 Å². The highest BCUT2D eigenvalue weighted by molar-refractivity contribution is 5.80. The first-order chi connectivity index (χ1) is 13.2. The molecule has 27 heavy (non-hydrogen) atoms. The van der Waals surface area contributed by atoms with Gasteiger partial charge in [0.1, 0.15) is 11.5 Å². The molecule has 3 aliphatic rings. The average Bonchev–Trinajstić information content (AvgIpc) is 3.20. The molecule has 2 aliphatic heterocycles. The highest BCUT2D eigenvalue weighted by Gasteiger charge is 2.35. The topological polar surface area (TPSA) is 38.8 Å². The van der Waals surface area contributed by atoms with Gasteiger partial charge in [0, 0.05) is 35.6 Å². The van der Waals surface area contributed by atoms with E-state index in [1.807, 2.05) is 12.1 Å². The van der Waals surface area contributed by atoms with Gasteiger partial charge >= 0.3 is 0 Å². The molecule has 1 amide bonds. The third-order valence-corrected chi connectivity index (χ3v) is 6.00. The quantitative estimate of drug-likeness (QED) is 0.815. The normalized spacial score (nSPS) is 17.1. The van der Waals surface area contributed by atoms with E-state index in [4.69, 9.17) is 9.47 Å². The van der Waals surface area contributed by atoms with Crippen molar-refractivity contribution in [2.75, 3.05) is 13.2 Å². The summed E-state index contributed by atoms with van der Waals surface area (Å²) in [7, 11) is 0. The third-order valence-electron chi connectivity index (χ3n) is 6.00. The van der Waals surface area contributed by atoms with Crippen LogP contribution in [0.15, 0.2) is 30.3 Å². The maximum Gasteiger partial charge on any atom is 0.227 e. The summed E-state index contributed by atoms with van der Waals surface area (Å²) in [5.74, 6) is 2.22. The summed E-state index contributed by atoms with van der Waals surface area (Å²) in [5, 5.41) is 0. The molecule has 0 unspecified atom stereocenters. The van der Waals surface area contributed by atoms with Crippen LogP contribution in [0.3, 0.4) is 0 Å². The molecule has 0 saturated heterocycles. The first kappa shape index (κ1) is 16.7. The van der Waals surface area contributed by atoms with E-state index in [-0.39, 0.29) is 5.91 Å². The first-order valence-electron chi connectivity index (χ1n) is 9.98. The lowest BCUT2D eigenvalue weighted by atomic mass is 9.98. The van der Waals surface area contributed by atoms with Crippen LogP contribution >= 0.6 is 0 Å². The zero-order valence-electron chi connectivity index (χ0n) is 15.8. The van der Waals surface area contributed by atoms with Gasteiger partial charge in [0.2, 0.25) is 5.91 Å². The highest BCUT2D eigenvalue weighted by Crippen LogP contribution is 2.42. The molecular formula is C23H25NO3. The number of hydrogen-bond acceptors (Lipinski definition) is 3. The van der Waals surface area contributed by atoms with E-state index in [0.717, 1.165) is 56.0 Å².